The van der Waals surface area contributed by atoms with E-state index in [4.69, 9.17) is 9.84 Å². The molecule has 0 radical (unpaired) electrons. The number of carbonyl (C=O) groups excluding carboxylic acids is 1. The zero-order valence-electron chi connectivity index (χ0n) is 9.93. The monoisotopic (exact) mass is 241 g/mol. The van der Waals surface area contributed by atoms with Crippen molar-refractivity contribution in [1.82, 2.24) is 4.90 Å². The molecule has 2 rings (SSSR count). The zero-order valence-corrected chi connectivity index (χ0v) is 9.93. The second kappa shape index (κ2) is 5.49. The molecule has 2 aliphatic rings. The molecule has 1 saturated carbocycles. The quantitative estimate of drug-likeness (QED) is 0.796. The van der Waals surface area contributed by atoms with Crippen LogP contribution < -0.4 is 0 Å². The minimum atomic E-state index is -0.870. The summed E-state index contributed by atoms with van der Waals surface area (Å²) in [5.41, 5.74) is 0. The van der Waals surface area contributed by atoms with Crippen molar-refractivity contribution in [2.75, 3.05) is 19.7 Å². The van der Waals surface area contributed by atoms with Crippen molar-refractivity contribution < 1.29 is 19.4 Å². The summed E-state index contributed by atoms with van der Waals surface area (Å²) in [5, 5.41) is 8.72. The van der Waals surface area contributed by atoms with Gasteiger partial charge in [0.25, 0.3) is 0 Å². The number of hydrogen-bond acceptors (Lipinski definition) is 3. The summed E-state index contributed by atoms with van der Waals surface area (Å²) in [5.74, 6) is -0.509. The van der Waals surface area contributed by atoms with Crippen LogP contribution in [0.5, 0.6) is 0 Å². The number of nitrogens with zero attached hydrogens (tertiary/aromatic N) is 1. The van der Waals surface area contributed by atoms with E-state index >= 15 is 0 Å². The molecule has 2 fully saturated rings. The molecule has 5 nitrogen and oxygen atoms in total. The Balaban J connectivity index is 1.87. The maximum Gasteiger partial charge on any atom is 0.306 e. The van der Waals surface area contributed by atoms with Crippen LogP contribution in [0.25, 0.3) is 0 Å². The van der Waals surface area contributed by atoms with Gasteiger partial charge in [-0.15, -0.1) is 0 Å². The summed E-state index contributed by atoms with van der Waals surface area (Å²) in [7, 11) is 0. The molecule has 1 N–H and O–H groups in total. The van der Waals surface area contributed by atoms with Gasteiger partial charge in [-0.2, -0.15) is 0 Å². The van der Waals surface area contributed by atoms with Gasteiger partial charge in [-0.1, -0.05) is 12.8 Å². The van der Waals surface area contributed by atoms with E-state index in [1.807, 2.05) is 0 Å². The molecule has 0 spiro atoms. The Morgan fingerprint density at radius 2 is 2.00 bits per heavy atom. The van der Waals surface area contributed by atoms with Crippen LogP contribution in [0.4, 0.5) is 0 Å². The van der Waals surface area contributed by atoms with E-state index in [1.54, 1.807) is 4.90 Å². The maximum atomic E-state index is 12.2. The first kappa shape index (κ1) is 12.4. The molecule has 0 aromatic heterocycles. The normalized spacial score (nSPS) is 26.1. The first-order valence-corrected chi connectivity index (χ1v) is 6.29. The predicted molar refractivity (Wildman–Crippen MR) is 60.5 cm³/mol. The maximum absolute atomic E-state index is 12.2. The number of hydrogen-bond donors (Lipinski definition) is 1. The number of amides is 1. The highest BCUT2D eigenvalue weighted by Crippen LogP contribution is 2.27. The molecule has 1 aliphatic heterocycles. The molecule has 0 aromatic carbocycles. The molecule has 1 aliphatic carbocycles. The summed E-state index contributed by atoms with van der Waals surface area (Å²) in [6.45, 7) is 1.49. The van der Waals surface area contributed by atoms with Gasteiger partial charge in [-0.25, -0.2) is 0 Å². The van der Waals surface area contributed by atoms with Crippen molar-refractivity contribution in [3.63, 3.8) is 0 Å². The topological polar surface area (TPSA) is 66.8 Å². The summed E-state index contributed by atoms with van der Waals surface area (Å²) in [4.78, 5) is 24.6. The van der Waals surface area contributed by atoms with Crippen molar-refractivity contribution >= 4 is 11.9 Å². The minimum absolute atomic E-state index is 0.0194. The van der Waals surface area contributed by atoms with Gasteiger partial charge >= 0.3 is 5.97 Å². The molecule has 1 atom stereocenters. The van der Waals surface area contributed by atoms with Crippen LogP contribution in [0.2, 0.25) is 0 Å². The van der Waals surface area contributed by atoms with Gasteiger partial charge in [0.05, 0.1) is 19.1 Å². The van der Waals surface area contributed by atoms with Gasteiger partial charge in [0, 0.05) is 19.0 Å². The van der Waals surface area contributed by atoms with Crippen molar-refractivity contribution in [1.29, 1.82) is 0 Å². The van der Waals surface area contributed by atoms with Gasteiger partial charge in [0.1, 0.15) is 0 Å². The molecule has 1 saturated heterocycles. The van der Waals surface area contributed by atoms with Crippen LogP contribution in [0, 0.1) is 5.92 Å². The van der Waals surface area contributed by atoms with Crippen LogP contribution in [-0.2, 0) is 14.3 Å². The fourth-order valence-corrected chi connectivity index (χ4v) is 2.67. The molecular formula is C12H19NO4. The Morgan fingerprint density at radius 3 is 2.65 bits per heavy atom. The zero-order chi connectivity index (χ0) is 12.3. The summed E-state index contributed by atoms with van der Waals surface area (Å²) < 4.78 is 5.36. The molecule has 5 heteroatoms. The molecule has 1 amide bonds. The highest BCUT2D eigenvalue weighted by atomic mass is 16.5. The average Bonchev–Trinajstić information content (AvgIpc) is 2.81. The van der Waals surface area contributed by atoms with E-state index < -0.39 is 5.97 Å². The van der Waals surface area contributed by atoms with Crippen LogP contribution in [0.1, 0.15) is 32.1 Å². The molecular weight excluding hydrogens is 222 g/mol. The van der Waals surface area contributed by atoms with E-state index in [0.717, 1.165) is 25.7 Å². The number of carboxylic acid groups (broad SMARTS) is 1. The lowest BCUT2D eigenvalue weighted by atomic mass is 10.1. The van der Waals surface area contributed by atoms with Crippen LogP contribution >= 0.6 is 0 Å². The lowest BCUT2D eigenvalue weighted by molar-refractivity contribution is -0.149. The smallest absolute Gasteiger partial charge is 0.306 e. The number of morpholine rings is 1. The third-order valence-corrected chi connectivity index (χ3v) is 3.56. The molecule has 17 heavy (non-hydrogen) atoms. The fraction of sp³-hybridized carbons (Fsp3) is 0.833. The molecule has 96 valence electrons. The van der Waals surface area contributed by atoms with Gasteiger partial charge < -0.3 is 14.7 Å². The van der Waals surface area contributed by atoms with Gasteiger partial charge in [0.15, 0.2) is 0 Å². The summed E-state index contributed by atoms with van der Waals surface area (Å²) in [6, 6.07) is 0. The Morgan fingerprint density at radius 1 is 1.29 bits per heavy atom. The van der Waals surface area contributed by atoms with E-state index in [2.05, 4.69) is 0 Å². The van der Waals surface area contributed by atoms with Crippen LogP contribution in [0.15, 0.2) is 0 Å². The Hall–Kier alpha value is -1.10. The molecule has 1 unspecified atom stereocenters. The predicted octanol–water partition coefficient (Wildman–Crippen LogP) is 0.879. The number of carboxylic acids is 1. The summed E-state index contributed by atoms with van der Waals surface area (Å²) >= 11 is 0. The van der Waals surface area contributed by atoms with Gasteiger partial charge in [0.2, 0.25) is 5.91 Å². The fourth-order valence-electron chi connectivity index (χ4n) is 2.67. The van der Waals surface area contributed by atoms with Crippen molar-refractivity contribution in [2.24, 2.45) is 5.92 Å². The lowest BCUT2D eigenvalue weighted by Crippen LogP contribution is -2.48. The van der Waals surface area contributed by atoms with E-state index in [9.17, 15) is 9.59 Å². The number of carbonyl (C=O) groups is 2. The Labute approximate surface area is 101 Å². The number of ether oxygens (including phenoxy) is 1. The van der Waals surface area contributed by atoms with E-state index in [1.165, 1.54) is 0 Å². The Kier molecular flexibility index (Phi) is 3.99. The average molecular weight is 241 g/mol. The standard InChI is InChI=1S/C12H19NO4/c14-11(15)7-10-8-13(5-6-17-10)12(16)9-3-1-2-4-9/h9-10H,1-8H2,(H,14,15). The van der Waals surface area contributed by atoms with E-state index in [-0.39, 0.29) is 24.3 Å². The minimum Gasteiger partial charge on any atom is -0.481 e. The molecule has 1 heterocycles. The van der Waals surface area contributed by atoms with Gasteiger partial charge in [-0.3, -0.25) is 9.59 Å². The van der Waals surface area contributed by atoms with Gasteiger partial charge in [-0.05, 0) is 12.8 Å². The van der Waals surface area contributed by atoms with Crippen molar-refractivity contribution in [3.8, 4) is 0 Å². The third-order valence-electron chi connectivity index (χ3n) is 3.56. The Bertz CT molecular complexity index is 299. The van der Waals surface area contributed by atoms with Crippen molar-refractivity contribution in [3.05, 3.63) is 0 Å². The number of rotatable bonds is 3. The first-order valence-electron chi connectivity index (χ1n) is 6.29. The van der Waals surface area contributed by atoms with Crippen LogP contribution in [-0.4, -0.2) is 47.7 Å². The highest BCUT2D eigenvalue weighted by molar-refractivity contribution is 5.79. The third kappa shape index (κ3) is 3.19. The van der Waals surface area contributed by atoms with Crippen LogP contribution in [0.3, 0.4) is 0 Å². The van der Waals surface area contributed by atoms with E-state index in [0.29, 0.717) is 19.7 Å². The van der Waals surface area contributed by atoms with Crippen molar-refractivity contribution in [2.45, 2.75) is 38.2 Å². The number of aliphatic carboxylic acids is 1. The first-order chi connectivity index (χ1) is 8.16. The molecule has 0 aromatic rings. The lowest BCUT2D eigenvalue weighted by Gasteiger charge is -2.33. The highest BCUT2D eigenvalue weighted by Gasteiger charge is 2.31. The summed E-state index contributed by atoms with van der Waals surface area (Å²) in [6.07, 6.45) is 3.89. The largest absolute Gasteiger partial charge is 0.481 e. The second-order valence-electron chi connectivity index (χ2n) is 4.86. The second-order valence-corrected chi connectivity index (χ2v) is 4.86. The SMILES string of the molecule is O=C(O)CC1CN(C(=O)C2CCCC2)CCO1. The molecule has 0 bridgehead atoms.